The van der Waals surface area contributed by atoms with Gasteiger partial charge in [-0.3, -0.25) is 4.79 Å². The molecule has 0 heterocycles. The lowest BCUT2D eigenvalue weighted by Crippen LogP contribution is -2.46. The zero-order chi connectivity index (χ0) is 12.7. The molecule has 3 nitrogen and oxygen atoms in total. The smallest absolute Gasteiger partial charge is 0.313 e. The zero-order valence-electron chi connectivity index (χ0n) is 11.3. The molecule has 1 atom stereocenters. The van der Waals surface area contributed by atoms with Crippen molar-refractivity contribution in [2.24, 2.45) is 11.1 Å². The Kier molecular flexibility index (Phi) is 5.96. The van der Waals surface area contributed by atoms with Gasteiger partial charge in [0.2, 0.25) is 0 Å². The van der Waals surface area contributed by atoms with E-state index in [0.717, 1.165) is 32.1 Å². The molecule has 1 unspecified atom stereocenters. The van der Waals surface area contributed by atoms with Crippen LogP contribution in [0.15, 0.2) is 0 Å². The lowest BCUT2D eigenvalue weighted by molar-refractivity contribution is -0.166. The van der Waals surface area contributed by atoms with Crippen molar-refractivity contribution in [2.45, 2.75) is 71.3 Å². The summed E-state index contributed by atoms with van der Waals surface area (Å²) < 4.78 is 5.51. The Bertz CT molecular complexity index is 231. The molecule has 100 valence electrons. The second-order valence-electron chi connectivity index (χ2n) is 5.40. The molecule has 3 heteroatoms. The Balaban J connectivity index is 2.21. The first kappa shape index (κ1) is 14.5. The van der Waals surface area contributed by atoms with E-state index >= 15 is 0 Å². The summed E-state index contributed by atoms with van der Waals surface area (Å²) >= 11 is 0. The average molecular weight is 241 g/mol. The molecule has 1 aliphatic carbocycles. The Labute approximate surface area is 105 Å². The van der Waals surface area contributed by atoms with Crippen molar-refractivity contribution in [1.29, 1.82) is 0 Å². The molecule has 0 spiro atoms. The fourth-order valence-electron chi connectivity index (χ4n) is 2.32. The molecular weight excluding hydrogens is 214 g/mol. The number of esters is 1. The van der Waals surface area contributed by atoms with Crippen molar-refractivity contribution in [1.82, 2.24) is 0 Å². The van der Waals surface area contributed by atoms with E-state index in [1.807, 2.05) is 6.92 Å². The Morgan fingerprint density at radius 3 is 2.53 bits per heavy atom. The van der Waals surface area contributed by atoms with Gasteiger partial charge in [-0.15, -0.1) is 0 Å². The molecule has 0 aromatic heterocycles. The molecule has 0 amide bonds. The van der Waals surface area contributed by atoms with Crippen molar-refractivity contribution in [2.75, 3.05) is 6.54 Å². The summed E-state index contributed by atoms with van der Waals surface area (Å²) in [5.74, 6) is -0.0609. The van der Waals surface area contributed by atoms with Crippen molar-refractivity contribution in [3.8, 4) is 0 Å². The van der Waals surface area contributed by atoms with Gasteiger partial charge < -0.3 is 10.5 Å². The van der Waals surface area contributed by atoms with Crippen LogP contribution in [0.2, 0.25) is 0 Å². The number of carbonyl (C=O) groups excluding carboxylic acids is 1. The van der Waals surface area contributed by atoms with Crippen LogP contribution in [0, 0.1) is 5.41 Å². The van der Waals surface area contributed by atoms with Crippen LogP contribution in [-0.4, -0.2) is 18.6 Å². The van der Waals surface area contributed by atoms with Gasteiger partial charge in [0.05, 0.1) is 11.5 Å². The van der Waals surface area contributed by atoms with Crippen molar-refractivity contribution in [3.05, 3.63) is 0 Å². The molecule has 1 fully saturated rings. The minimum absolute atomic E-state index is 0.0448. The summed E-state index contributed by atoms with van der Waals surface area (Å²) in [5, 5.41) is 0. The van der Waals surface area contributed by atoms with Crippen LogP contribution in [0.1, 0.15) is 65.2 Å². The van der Waals surface area contributed by atoms with E-state index in [-0.39, 0.29) is 17.5 Å². The quantitative estimate of drug-likeness (QED) is 0.525. The van der Waals surface area contributed by atoms with Gasteiger partial charge in [0, 0.05) is 6.54 Å². The number of nitrogens with two attached hydrogens (primary N) is 1. The highest BCUT2D eigenvalue weighted by Gasteiger charge is 2.44. The molecule has 0 aromatic carbocycles. The molecular formula is C14H27NO2. The van der Waals surface area contributed by atoms with E-state index in [1.54, 1.807) is 0 Å². The summed E-state index contributed by atoms with van der Waals surface area (Å²) in [7, 11) is 0. The van der Waals surface area contributed by atoms with E-state index in [0.29, 0.717) is 6.54 Å². The predicted molar refractivity (Wildman–Crippen MR) is 69.7 cm³/mol. The van der Waals surface area contributed by atoms with E-state index in [4.69, 9.17) is 10.5 Å². The zero-order valence-corrected chi connectivity index (χ0v) is 11.3. The van der Waals surface area contributed by atoms with Crippen molar-refractivity contribution < 1.29 is 9.53 Å². The summed E-state index contributed by atoms with van der Waals surface area (Å²) in [6.07, 6.45) is 8.85. The first-order valence-corrected chi connectivity index (χ1v) is 7.06. The summed E-state index contributed by atoms with van der Waals surface area (Å²) in [6, 6.07) is 0. The number of carbonyl (C=O) groups is 1. The van der Waals surface area contributed by atoms with Gasteiger partial charge >= 0.3 is 5.97 Å². The molecule has 0 radical (unpaired) electrons. The minimum Gasteiger partial charge on any atom is -0.462 e. The third-order valence-electron chi connectivity index (χ3n) is 3.91. The number of hydrogen-bond donors (Lipinski definition) is 1. The van der Waals surface area contributed by atoms with Gasteiger partial charge in [-0.05, 0) is 32.6 Å². The van der Waals surface area contributed by atoms with Gasteiger partial charge in [-0.2, -0.15) is 0 Å². The number of rotatable bonds is 8. The van der Waals surface area contributed by atoms with Crippen LogP contribution in [0.3, 0.4) is 0 Å². The second kappa shape index (κ2) is 7.00. The minimum atomic E-state index is -0.336. The lowest BCUT2D eigenvalue weighted by atomic mass is 9.69. The van der Waals surface area contributed by atoms with Crippen molar-refractivity contribution >= 4 is 5.97 Å². The van der Waals surface area contributed by atoms with Gasteiger partial charge in [0.1, 0.15) is 0 Å². The number of ether oxygens (including phenoxy) is 1. The molecule has 2 N–H and O–H groups in total. The normalized spacial score (nSPS) is 19.5. The van der Waals surface area contributed by atoms with Crippen molar-refractivity contribution in [3.63, 3.8) is 0 Å². The maximum absolute atomic E-state index is 12.0. The van der Waals surface area contributed by atoms with Gasteiger partial charge in [-0.25, -0.2) is 0 Å². The van der Waals surface area contributed by atoms with Crippen LogP contribution in [0.25, 0.3) is 0 Å². The van der Waals surface area contributed by atoms with E-state index in [1.165, 1.54) is 19.3 Å². The fourth-order valence-corrected chi connectivity index (χ4v) is 2.32. The Morgan fingerprint density at radius 1 is 1.35 bits per heavy atom. The molecule has 0 aliphatic heterocycles. The molecule has 0 aromatic rings. The Morgan fingerprint density at radius 2 is 2.06 bits per heavy atom. The first-order chi connectivity index (χ1) is 8.14. The average Bonchev–Trinajstić information content (AvgIpc) is 2.23. The number of unbranched alkanes of at least 4 members (excludes halogenated alkanes) is 3. The molecule has 1 saturated carbocycles. The fraction of sp³-hybridized carbons (Fsp3) is 0.929. The largest absolute Gasteiger partial charge is 0.462 e. The maximum Gasteiger partial charge on any atom is 0.313 e. The highest BCUT2D eigenvalue weighted by Crippen LogP contribution is 2.41. The summed E-state index contributed by atoms with van der Waals surface area (Å²) in [6.45, 7) is 4.63. The third kappa shape index (κ3) is 3.98. The van der Waals surface area contributed by atoms with Gasteiger partial charge in [-0.1, -0.05) is 32.6 Å². The van der Waals surface area contributed by atoms with E-state index in [2.05, 4.69) is 6.92 Å². The molecule has 1 rings (SSSR count). The van der Waals surface area contributed by atoms with Crippen LogP contribution in [0.5, 0.6) is 0 Å². The second-order valence-corrected chi connectivity index (χ2v) is 5.40. The molecule has 17 heavy (non-hydrogen) atoms. The van der Waals surface area contributed by atoms with Gasteiger partial charge in [0.25, 0.3) is 0 Å². The maximum atomic E-state index is 12.0. The van der Waals surface area contributed by atoms with Crippen LogP contribution >= 0.6 is 0 Å². The standard InChI is InChI=1S/C14H27NO2/c1-3-4-5-6-8-12(2)17-13(16)14(11-15)9-7-10-14/h12H,3-11,15H2,1-2H3. The van der Waals surface area contributed by atoms with E-state index < -0.39 is 0 Å². The highest BCUT2D eigenvalue weighted by molar-refractivity contribution is 5.78. The topological polar surface area (TPSA) is 52.3 Å². The highest BCUT2D eigenvalue weighted by atomic mass is 16.5. The first-order valence-electron chi connectivity index (χ1n) is 7.06. The SMILES string of the molecule is CCCCCCC(C)OC(=O)C1(CN)CCC1. The summed E-state index contributed by atoms with van der Waals surface area (Å²) in [4.78, 5) is 12.0. The van der Waals surface area contributed by atoms with E-state index in [9.17, 15) is 4.79 Å². The van der Waals surface area contributed by atoms with Gasteiger partial charge in [0.15, 0.2) is 0 Å². The van der Waals surface area contributed by atoms with Crippen LogP contribution < -0.4 is 5.73 Å². The lowest BCUT2D eigenvalue weighted by Gasteiger charge is -2.38. The predicted octanol–water partition coefficient (Wildman–Crippen LogP) is 3.02. The molecule has 0 bridgehead atoms. The number of hydrogen-bond acceptors (Lipinski definition) is 3. The summed E-state index contributed by atoms with van der Waals surface area (Å²) in [5.41, 5.74) is 5.35. The van der Waals surface area contributed by atoms with Crippen LogP contribution in [0.4, 0.5) is 0 Å². The molecule has 0 saturated heterocycles. The molecule has 1 aliphatic rings. The monoisotopic (exact) mass is 241 g/mol. The third-order valence-corrected chi connectivity index (χ3v) is 3.91. The Hall–Kier alpha value is -0.570. The van der Waals surface area contributed by atoms with Crippen LogP contribution in [-0.2, 0) is 9.53 Å².